The van der Waals surface area contributed by atoms with Crippen LogP contribution in [0.3, 0.4) is 0 Å². The Morgan fingerprint density at radius 1 is 1.57 bits per heavy atom. The van der Waals surface area contributed by atoms with Crippen molar-refractivity contribution >= 4 is 22.0 Å². The van der Waals surface area contributed by atoms with Crippen LogP contribution in [-0.4, -0.2) is 18.1 Å². The molecule has 0 aliphatic carbocycles. The van der Waals surface area contributed by atoms with E-state index in [0.29, 0.717) is 0 Å². The zero-order chi connectivity index (χ0) is 10.4. The van der Waals surface area contributed by atoms with Gasteiger partial charge >= 0.3 is 0 Å². The van der Waals surface area contributed by atoms with Crippen LogP contribution >= 0.6 is 15.9 Å². The Hall–Kier alpha value is -0.670. The number of nitrogens with zero attached hydrogens (tertiary/aromatic N) is 1. The molecule has 0 bridgehead atoms. The minimum atomic E-state index is 0.925. The van der Waals surface area contributed by atoms with Crippen molar-refractivity contribution in [2.45, 2.75) is 13.8 Å². The Morgan fingerprint density at radius 3 is 2.93 bits per heavy atom. The zero-order valence-electron chi connectivity index (χ0n) is 8.55. The highest BCUT2D eigenvalue weighted by atomic mass is 79.9. The molecule has 0 atom stereocenters. The van der Waals surface area contributed by atoms with E-state index in [1.165, 1.54) is 5.57 Å². The molecule has 0 unspecified atom stereocenters. The first-order valence-corrected chi connectivity index (χ1v) is 5.51. The molecule has 1 rings (SSSR count). The molecular weight excluding hydrogens is 240 g/mol. The third kappa shape index (κ3) is 4.03. The fraction of sp³-hybridized carbons (Fsp3) is 0.364. The minimum Gasteiger partial charge on any atom is -0.313 e. The lowest BCUT2D eigenvalue weighted by molar-refractivity contribution is 0.778. The van der Waals surface area contributed by atoms with Crippen LogP contribution in [0, 0.1) is 0 Å². The SMILES string of the molecule is CCNC/C(C)=C/c1ccc(Br)cn1. The van der Waals surface area contributed by atoms with Crippen molar-refractivity contribution in [2.75, 3.05) is 13.1 Å². The normalized spacial score (nSPS) is 11.8. The third-order valence-corrected chi connectivity index (χ3v) is 2.27. The molecule has 0 aliphatic rings. The Labute approximate surface area is 93.6 Å². The molecule has 1 aromatic rings. The average Bonchev–Trinajstić information content (AvgIpc) is 2.18. The van der Waals surface area contributed by atoms with Gasteiger partial charge in [-0.1, -0.05) is 12.5 Å². The summed E-state index contributed by atoms with van der Waals surface area (Å²) in [7, 11) is 0. The third-order valence-electron chi connectivity index (χ3n) is 1.80. The van der Waals surface area contributed by atoms with E-state index in [1.54, 1.807) is 0 Å². The van der Waals surface area contributed by atoms with Gasteiger partial charge in [0, 0.05) is 17.2 Å². The molecule has 3 heteroatoms. The molecule has 1 aromatic heterocycles. The van der Waals surface area contributed by atoms with Gasteiger partial charge in [0.2, 0.25) is 0 Å². The van der Waals surface area contributed by atoms with Crippen molar-refractivity contribution in [2.24, 2.45) is 0 Å². The number of aromatic nitrogens is 1. The van der Waals surface area contributed by atoms with Gasteiger partial charge < -0.3 is 5.32 Å². The van der Waals surface area contributed by atoms with E-state index < -0.39 is 0 Å². The first-order chi connectivity index (χ1) is 6.72. The monoisotopic (exact) mass is 254 g/mol. The van der Waals surface area contributed by atoms with Gasteiger partial charge in [-0.2, -0.15) is 0 Å². The second kappa shape index (κ2) is 5.94. The Bertz CT molecular complexity index is 304. The van der Waals surface area contributed by atoms with E-state index in [4.69, 9.17) is 0 Å². The number of nitrogens with one attached hydrogen (secondary N) is 1. The van der Waals surface area contributed by atoms with Crippen LogP contribution in [0.15, 0.2) is 28.4 Å². The summed E-state index contributed by atoms with van der Waals surface area (Å²) < 4.78 is 1.01. The molecule has 0 saturated carbocycles. The summed E-state index contributed by atoms with van der Waals surface area (Å²) in [5, 5.41) is 3.27. The van der Waals surface area contributed by atoms with Gasteiger partial charge in [0.25, 0.3) is 0 Å². The molecule has 14 heavy (non-hydrogen) atoms. The lowest BCUT2D eigenvalue weighted by atomic mass is 10.2. The molecule has 2 nitrogen and oxygen atoms in total. The quantitative estimate of drug-likeness (QED) is 0.894. The van der Waals surface area contributed by atoms with Gasteiger partial charge in [-0.3, -0.25) is 4.98 Å². The Kier molecular flexibility index (Phi) is 4.84. The largest absolute Gasteiger partial charge is 0.313 e. The summed E-state index contributed by atoms with van der Waals surface area (Å²) in [6, 6.07) is 4.00. The summed E-state index contributed by atoms with van der Waals surface area (Å²) in [6.45, 7) is 6.13. The summed E-state index contributed by atoms with van der Waals surface area (Å²) >= 11 is 3.36. The summed E-state index contributed by atoms with van der Waals surface area (Å²) in [5.41, 5.74) is 2.30. The number of hydrogen-bond donors (Lipinski definition) is 1. The van der Waals surface area contributed by atoms with Gasteiger partial charge in [0.15, 0.2) is 0 Å². The molecule has 0 aliphatic heterocycles. The van der Waals surface area contributed by atoms with Crippen LogP contribution in [0.4, 0.5) is 0 Å². The van der Waals surface area contributed by atoms with Gasteiger partial charge in [0.05, 0.1) is 5.69 Å². The molecule has 0 fully saturated rings. The molecule has 1 N–H and O–H groups in total. The minimum absolute atomic E-state index is 0.925. The Morgan fingerprint density at radius 2 is 2.36 bits per heavy atom. The molecule has 0 amide bonds. The second-order valence-electron chi connectivity index (χ2n) is 3.17. The smallest absolute Gasteiger partial charge is 0.0630 e. The maximum atomic E-state index is 4.28. The standard InChI is InChI=1S/C11H15BrN2/c1-3-13-7-9(2)6-11-5-4-10(12)8-14-11/h4-6,8,13H,3,7H2,1-2H3/b9-6+. The highest BCUT2D eigenvalue weighted by molar-refractivity contribution is 9.10. The van der Waals surface area contributed by atoms with Gasteiger partial charge in [-0.05, 0) is 47.6 Å². The van der Waals surface area contributed by atoms with Crippen molar-refractivity contribution in [1.29, 1.82) is 0 Å². The first kappa shape index (κ1) is 11.4. The van der Waals surface area contributed by atoms with Crippen LogP contribution in [0.1, 0.15) is 19.5 Å². The zero-order valence-corrected chi connectivity index (χ0v) is 10.1. The fourth-order valence-corrected chi connectivity index (χ4v) is 1.33. The fourth-order valence-electron chi connectivity index (χ4n) is 1.10. The highest BCUT2D eigenvalue weighted by Gasteiger charge is 1.92. The van der Waals surface area contributed by atoms with Crippen molar-refractivity contribution < 1.29 is 0 Å². The second-order valence-corrected chi connectivity index (χ2v) is 4.09. The van der Waals surface area contributed by atoms with Crippen LogP contribution < -0.4 is 5.32 Å². The molecule has 0 saturated heterocycles. The van der Waals surface area contributed by atoms with Crippen molar-refractivity contribution in [3.63, 3.8) is 0 Å². The van der Waals surface area contributed by atoms with Gasteiger partial charge in [-0.25, -0.2) is 0 Å². The van der Waals surface area contributed by atoms with Crippen LogP contribution in [0.5, 0.6) is 0 Å². The summed E-state index contributed by atoms with van der Waals surface area (Å²) in [6.07, 6.45) is 3.90. The van der Waals surface area contributed by atoms with E-state index >= 15 is 0 Å². The first-order valence-electron chi connectivity index (χ1n) is 4.72. The van der Waals surface area contributed by atoms with Crippen molar-refractivity contribution in [3.8, 4) is 0 Å². The number of pyridine rings is 1. The predicted octanol–water partition coefficient (Wildman–Crippen LogP) is 2.86. The van der Waals surface area contributed by atoms with Crippen LogP contribution in [-0.2, 0) is 0 Å². The maximum Gasteiger partial charge on any atom is 0.0630 e. The van der Waals surface area contributed by atoms with Crippen LogP contribution in [0.2, 0.25) is 0 Å². The van der Waals surface area contributed by atoms with Crippen molar-refractivity contribution in [1.82, 2.24) is 10.3 Å². The topological polar surface area (TPSA) is 24.9 Å². The lowest BCUT2D eigenvalue weighted by Crippen LogP contribution is -2.14. The highest BCUT2D eigenvalue weighted by Crippen LogP contribution is 2.09. The molecule has 76 valence electrons. The average molecular weight is 255 g/mol. The number of likely N-dealkylation sites (N-methyl/N-ethyl adjacent to an activating group) is 1. The number of rotatable bonds is 4. The molecule has 0 aromatic carbocycles. The predicted molar refractivity (Wildman–Crippen MR) is 64.1 cm³/mol. The van der Waals surface area contributed by atoms with Gasteiger partial charge in [-0.15, -0.1) is 0 Å². The maximum absolute atomic E-state index is 4.28. The molecular formula is C11H15BrN2. The van der Waals surface area contributed by atoms with Crippen molar-refractivity contribution in [3.05, 3.63) is 34.1 Å². The molecule has 0 spiro atoms. The number of halogens is 1. The summed E-state index contributed by atoms with van der Waals surface area (Å²) in [4.78, 5) is 4.28. The van der Waals surface area contributed by atoms with Crippen LogP contribution in [0.25, 0.3) is 6.08 Å². The van der Waals surface area contributed by atoms with E-state index in [9.17, 15) is 0 Å². The molecule has 1 heterocycles. The van der Waals surface area contributed by atoms with E-state index in [0.717, 1.165) is 23.3 Å². The number of hydrogen-bond acceptors (Lipinski definition) is 2. The Balaban J connectivity index is 2.61. The van der Waals surface area contributed by atoms with E-state index in [2.05, 4.69) is 46.2 Å². The summed E-state index contributed by atoms with van der Waals surface area (Å²) in [5.74, 6) is 0. The molecule has 0 radical (unpaired) electrons. The van der Waals surface area contributed by atoms with E-state index in [-0.39, 0.29) is 0 Å². The van der Waals surface area contributed by atoms with E-state index in [1.807, 2.05) is 18.3 Å². The lowest BCUT2D eigenvalue weighted by Gasteiger charge is -2.01. The van der Waals surface area contributed by atoms with Gasteiger partial charge in [0.1, 0.15) is 0 Å².